The van der Waals surface area contributed by atoms with E-state index in [4.69, 9.17) is 16.7 Å². The Morgan fingerprint density at radius 3 is 2.78 bits per heavy atom. The fraction of sp³-hybridized carbons (Fsp3) is 0.364. The Morgan fingerprint density at radius 1 is 1.56 bits per heavy atom. The molecule has 0 radical (unpaired) electrons. The number of carboxylic acid groups (broad SMARTS) is 1. The van der Waals surface area contributed by atoms with E-state index in [1.807, 2.05) is 0 Å². The standard InChI is InChI=1S/C11H11ClFNO4/c12-8(2-1-3-11(15)16)7-4-5-9(13)10(6-7)14(17)18/h4-6,8H,1-3H2,(H,15,16). The van der Waals surface area contributed by atoms with Crippen molar-refractivity contribution < 1.29 is 19.2 Å². The van der Waals surface area contributed by atoms with Gasteiger partial charge in [0, 0.05) is 12.5 Å². The van der Waals surface area contributed by atoms with Crippen molar-refractivity contribution in [1.82, 2.24) is 0 Å². The van der Waals surface area contributed by atoms with Crippen LogP contribution in [0.1, 0.15) is 30.2 Å². The molecular weight excluding hydrogens is 265 g/mol. The number of nitrogens with zero attached hydrogens (tertiary/aromatic N) is 1. The molecule has 0 heterocycles. The van der Waals surface area contributed by atoms with Crippen molar-refractivity contribution in [1.29, 1.82) is 0 Å². The molecule has 0 aromatic heterocycles. The number of carbonyl (C=O) groups is 1. The number of nitro groups is 1. The van der Waals surface area contributed by atoms with Gasteiger partial charge in [-0.25, -0.2) is 0 Å². The molecule has 1 N–H and O–H groups in total. The fourth-order valence-electron chi connectivity index (χ4n) is 1.46. The van der Waals surface area contributed by atoms with Gasteiger partial charge in [0.2, 0.25) is 5.82 Å². The molecule has 0 bridgehead atoms. The summed E-state index contributed by atoms with van der Waals surface area (Å²) in [5.41, 5.74) is -0.216. The highest BCUT2D eigenvalue weighted by Crippen LogP contribution is 2.30. The quantitative estimate of drug-likeness (QED) is 0.491. The molecule has 1 aromatic carbocycles. The second-order valence-electron chi connectivity index (χ2n) is 3.72. The molecule has 0 fully saturated rings. The van der Waals surface area contributed by atoms with Crippen LogP contribution in [0.2, 0.25) is 0 Å². The van der Waals surface area contributed by atoms with Crippen molar-refractivity contribution >= 4 is 23.3 Å². The minimum atomic E-state index is -0.927. The zero-order valence-corrected chi connectivity index (χ0v) is 10.1. The van der Waals surface area contributed by atoms with Crippen molar-refractivity contribution in [2.75, 3.05) is 0 Å². The molecule has 0 saturated carbocycles. The molecule has 1 atom stereocenters. The summed E-state index contributed by atoms with van der Waals surface area (Å²) in [7, 11) is 0. The minimum Gasteiger partial charge on any atom is -0.481 e. The summed E-state index contributed by atoms with van der Waals surface area (Å²) in [6, 6.07) is 3.43. The second-order valence-corrected chi connectivity index (χ2v) is 4.25. The summed E-state index contributed by atoms with van der Waals surface area (Å²) in [4.78, 5) is 20.0. The van der Waals surface area contributed by atoms with Crippen LogP contribution >= 0.6 is 11.6 Å². The highest BCUT2D eigenvalue weighted by Gasteiger charge is 2.17. The van der Waals surface area contributed by atoms with E-state index in [1.54, 1.807) is 0 Å². The molecule has 7 heteroatoms. The van der Waals surface area contributed by atoms with Crippen LogP contribution < -0.4 is 0 Å². The average Bonchev–Trinajstić information content (AvgIpc) is 2.28. The van der Waals surface area contributed by atoms with E-state index < -0.39 is 27.8 Å². The highest BCUT2D eigenvalue weighted by molar-refractivity contribution is 6.20. The monoisotopic (exact) mass is 275 g/mol. The summed E-state index contributed by atoms with van der Waals surface area (Å²) < 4.78 is 13.1. The molecular formula is C11H11ClFNO4. The number of hydrogen-bond donors (Lipinski definition) is 1. The molecule has 0 aliphatic heterocycles. The van der Waals surface area contributed by atoms with Crippen LogP contribution in [0.4, 0.5) is 10.1 Å². The van der Waals surface area contributed by atoms with Crippen LogP contribution in [0, 0.1) is 15.9 Å². The van der Waals surface area contributed by atoms with Gasteiger partial charge in [0.05, 0.1) is 10.3 Å². The number of hydrogen-bond acceptors (Lipinski definition) is 3. The molecule has 0 spiro atoms. The van der Waals surface area contributed by atoms with Gasteiger partial charge < -0.3 is 5.11 Å². The number of benzene rings is 1. The van der Waals surface area contributed by atoms with Crippen LogP contribution in [-0.4, -0.2) is 16.0 Å². The molecule has 18 heavy (non-hydrogen) atoms. The van der Waals surface area contributed by atoms with E-state index >= 15 is 0 Å². The lowest BCUT2D eigenvalue weighted by Gasteiger charge is -2.08. The molecule has 0 amide bonds. The van der Waals surface area contributed by atoms with Crippen LogP contribution in [0.15, 0.2) is 18.2 Å². The number of halogens is 2. The van der Waals surface area contributed by atoms with Crippen LogP contribution in [0.5, 0.6) is 0 Å². The van der Waals surface area contributed by atoms with E-state index in [0.717, 1.165) is 12.1 Å². The lowest BCUT2D eigenvalue weighted by molar-refractivity contribution is -0.387. The van der Waals surface area contributed by atoms with E-state index in [2.05, 4.69) is 0 Å². The molecule has 0 saturated heterocycles. The van der Waals surface area contributed by atoms with Gasteiger partial charge in [0.15, 0.2) is 0 Å². The third kappa shape index (κ3) is 3.96. The van der Waals surface area contributed by atoms with Gasteiger partial charge in [-0.05, 0) is 24.5 Å². The van der Waals surface area contributed by atoms with Crippen molar-refractivity contribution in [2.24, 2.45) is 0 Å². The highest BCUT2D eigenvalue weighted by atomic mass is 35.5. The number of aliphatic carboxylic acids is 1. The number of carboxylic acids is 1. The SMILES string of the molecule is O=C(O)CCCC(Cl)c1ccc(F)c([N+](=O)[O-])c1. The van der Waals surface area contributed by atoms with Crippen LogP contribution in [0.25, 0.3) is 0 Å². The van der Waals surface area contributed by atoms with E-state index in [1.165, 1.54) is 6.07 Å². The van der Waals surface area contributed by atoms with Crippen molar-refractivity contribution in [3.8, 4) is 0 Å². The second kappa shape index (κ2) is 6.30. The summed E-state index contributed by atoms with van der Waals surface area (Å²) in [6.07, 6.45) is 0.692. The summed E-state index contributed by atoms with van der Waals surface area (Å²) in [5.74, 6) is -1.85. The number of rotatable bonds is 6. The lowest BCUT2D eigenvalue weighted by atomic mass is 10.1. The van der Waals surface area contributed by atoms with Gasteiger partial charge >= 0.3 is 11.7 Å². The largest absolute Gasteiger partial charge is 0.481 e. The number of alkyl halides is 1. The Hall–Kier alpha value is -1.69. The normalized spacial score (nSPS) is 12.1. The predicted octanol–water partition coefficient (Wildman–Crippen LogP) is 3.27. The summed E-state index contributed by atoms with van der Waals surface area (Å²) in [6.45, 7) is 0. The summed E-state index contributed by atoms with van der Waals surface area (Å²) in [5, 5.41) is 18.4. The first-order valence-corrected chi connectivity index (χ1v) is 5.65. The maximum Gasteiger partial charge on any atom is 0.305 e. The first-order chi connectivity index (χ1) is 8.41. The molecule has 1 rings (SSSR count). The predicted molar refractivity (Wildman–Crippen MR) is 63.1 cm³/mol. The van der Waals surface area contributed by atoms with E-state index in [0.29, 0.717) is 18.4 Å². The van der Waals surface area contributed by atoms with Gasteiger partial charge in [-0.2, -0.15) is 4.39 Å². The van der Waals surface area contributed by atoms with Gasteiger partial charge in [-0.3, -0.25) is 14.9 Å². The van der Waals surface area contributed by atoms with Gasteiger partial charge in [-0.1, -0.05) is 6.07 Å². The third-order valence-corrected chi connectivity index (χ3v) is 2.85. The Kier molecular flexibility index (Phi) is 5.03. The van der Waals surface area contributed by atoms with E-state index in [-0.39, 0.29) is 6.42 Å². The topological polar surface area (TPSA) is 80.4 Å². The lowest BCUT2D eigenvalue weighted by Crippen LogP contribution is -1.99. The maximum atomic E-state index is 13.1. The van der Waals surface area contributed by atoms with Crippen LogP contribution in [0.3, 0.4) is 0 Å². The third-order valence-electron chi connectivity index (χ3n) is 2.38. The number of nitro benzene ring substituents is 1. The smallest absolute Gasteiger partial charge is 0.305 e. The van der Waals surface area contributed by atoms with Crippen LogP contribution in [-0.2, 0) is 4.79 Å². The zero-order chi connectivity index (χ0) is 13.7. The minimum absolute atomic E-state index is 0.0213. The van der Waals surface area contributed by atoms with Gasteiger partial charge in [-0.15, -0.1) is 11.6 Å². The zero-order valence-electron chi connectivity index (χ0n) is 9.31. The fourth-order valence-corrected chi connectivity index (χ4v) is 1.75. The molecule has 98 valence electrons. The Labute approximate surface area is 107 Å². The Bertz CT molecular complexity index is 466. The first kappa shape index (κ1) is 14.4. The van der Waals surface area contributed by atoms with E-state index in [9.17, 15) is 19.3 Å². The molecule has 1 aromatic rings. The molecule has 1 unspecified atom stereocenters. The summed E-state index contributed by atoms with van der Waals surface area (Å²) >= 11 is 5.98. The van der Waals surface area contributed by atoms with Crippen molar-refractivity contribution in [3.05, 3.63) is 39.7 Å². The average molecular weight is 276 g/mol. The van der Waals surface area contributed by atoms with Crippen molar-refractivity contribution in [3.63, 3.8) is 0 Å². The molecule has 0 aliphatic rings. The maximum absolute atomic E-state index is 13.1. The first-order valence-electron chi connectivity index (χ1n) is 5.21. The molecule has 0 aliphatic carbocycles. The van der Waals surface area contributed by atoms with Crippen molar-refractivity contribution in [2.45, 2.75) is 24.6 Å². The van der Waals surface area contributed by atoms with Gasteiger partial charge in [0.1, 0.15) is 0 Å². The van der Waals surface area contributed by atoms with Gasteiger partial charge in [0.25, 0.3) is 0 Å². The Balaban J connectivity index is 2.74. The Morgan fingerprint density at radius 2 is 2.22 bits per heavy atom. The molecule has 5 nitrogen and oxygen atoms in total.